The van der Waals surface area contributed by atoms with Crippen LogP contribution in [-0.4, -0.2) is 26.3 Å². The second-order valence-corrected chi connectivity index (χ2v) is 4.68. The molecule has 0 amide bonds. The van der Waals surface area contributed by atoms with Crippen LogP contribution in [-0.2, 0) is 16.0 Å². The molecule has 0 spiro atoms. The molecule has 1 rings (SSSR count). The van der Waals surface area contributed by atoms with Gasteiger partial charge in [-0.05, 0) is 38.0 Å². The van der Waals surface area contributed by atoms with Crippen LogP contribution in [0.5, 0.6) is 11.5 Å². The Morgan fingerprint density at radius 2 is 2.05 bits per heavy atom. The molecule has 0 saturated heterocycles. The summed E-state index contributed by atoms with van der Waals surface area (Å²) in [6.45, 7) is 7.68. The Morgan fingerprint density at radius 1 is 1.33 bits per heavy atom. The fourth-order valence-corrected chi connectivity index (χ4v) is 1.88. The molecule has 0 heterocycles. The van der Waals surface area contributed by atoms with Crippen LogP contribution in [0.25, 0.3) is 6.08 Å². The minimum Gasteiger partial charge on any atom is -0.493 e. The van der Waals surface area contributed by atoms with Gasteiger partial charge < -0.3 is 14.2 Å². The molecule has 0 N–H and O–H groups in total. The molecular weight excluding hydrogens is 268 g/mol. The van der Waals surface area contributed by atoms with Gasteiger partial charge in [-0.25, -0.2) is 4.79 Å². The van der Waals surface area contributed by atoms with E-state index in [0.717, 1.165) is 11.1 Å². The Labute approximate surface area is 126 Å². The SMILES string of the molecule is C=CCc1c(/C=C/C(=O)OC)ccc(OC)c1OC(C)C. The molecule has 0 fully saturated rings. The van der Waals surface area contributed by atoms with E-state index in [-0.39, 0.29) is 6.10 Å². The monoisotopic (exact) mass is 290 g/mol. The van der Waals surface area contributed by atoms with E-state index in [2.05, 4.69) is 11.3 Å². The van der Waals surface area contributed by atoms with Gasteiger partial charge in [0.1, 0.15) is 0 Å². The van der Waals surface area contributed by atoms with Crippen molar-refractivity contribution in [1.29, 1.82) is 0 Å². The van der Waals surface area contributed by atoms with Crippen LogP contribution in [0, 0.1) is 0 Å². The topological polar surface area (TPSA) is 44.8 Å². The zero-order valence-corrected chi connectivity index (χ0v) is 13.0. The highest BCUT2D eigenvalue weighted by atomic mass is 16.5. The summed E-state index contributed by atoms with van der Waals surface area (Å²) in [5.41, 5.74) is 1.80. The third-order valence-electron chi connectivity index (χ3n) is 2.78. The zero-order valence-electron chi connectivity index (χ0n) is 13.0. The van der Waals surface area contributed by atoms with Crippen molar-refractivity contribution in [2.75, 3.05) is 14.2 Å². The lowest BCUT2D eigenvalue weighted by Crippen LogP contribution is -2.09. The van der Waals surface area contributed by atoms with Gasteiger partial charge in [-0.2, -0.15) is 0 Å². The van der Waals surface area contributed by atoms with Crippen LogP contribution in [0.4, 0.5) is 0 Å². The first kappa shape index (κ1) is 16.8. The Bertz CT molecular complexity index is 530. The predicted molar refractivity (Wildman–Crippen MR) is 83.7 cm³/mol. The number of carbonyl (C=O) groups is 1. The Morgan fingerprint density at radius 3 is 2.57 bits per heavy atom. The quantitative estimate of drug-likeness (QED) is 0.438. The van der Waals surface area contributed by atoms with Gasteiger partial charge in [-0.1, -0.05) is 12.1 Å². The maximum Gasteiger partial charge on any atom is 0.330 e. The van der Waals surface area contributed by atoms with Gasteiger partial charge in [-0.15, -0.1) is 6.58 Å². The molecule has 0 aliphatic rings. The molecule has 0 aliphatic heterocycles. The van der Waals surface area contributed by atoms with Gasteiger partial charge in [0.15, 0.2) is 11.5 Å². The van der Waals surface area contributed by atoms with Crippen LogP contribution in [0.2, 0.25) is 0 Å². The molecule has 0 aliphatic carbocycles. The summed E-state index contributed by atoms with van der Waals surface area (Å²) < 4.78 is 15.8. The second kappa shape index (κ2) is 8.15. The number of allylic oxidation sites excluding steroid dienone is 1. The lowest BCUT2D eigenvalue weighted by atomic mass is 10.0. The first-order valence-electron chi connectivity index (χ1n) is 6.76. The third kappa shape index (κ3) is 4.67. The molecule has 0 saturated carbocycles. The van der Waals surface area contributed by atoms with E-state index in [9.17, 15) is 4.79 Å². The number of benzene rings is 1. The standard InChI is InChI=1S/C17H22O4/c1-6-7-14-13(9-11-16(18)20-5)8-10-15(19-4)17(14)21-12(2)3/h6,8-12H,1,7H2,2-5H3/b11-9+. The molecule has 1 aromatic rings. The molecule has 114 valence electrons. The van der Waals surface area contributed by atoms with E-state index in [1.54, 1.807) is 19.3 Å². The van der Waals surface area contributed by atoms with Gasteiger partial charge in [0.2, 0.25) is 0 Å². The fourth-order valence-electron chi connectivity index (χ4n) is 1.88. The van der Waals surface area contributed by atoms with Crippen molar-refractivity contribution in [2.24, 2.45) is 0 Å². The average Bonchev–Trinajstić information content (AvgIpc) is 2.46. The summed E-state index contributed by atoms with van der Waals surface area (Å²) in [5.74, 6) is 0.942. The van der Waals surface area contributed by atoms with E-state index in [1.165, 1.54) is 13.2 Å². The van der Waals surface area contributed by atoms with Gasteiger partial charge in [0, 0.05) is 11.6 Å². The maximum atomic E-state index is 11.3. The van der Waals surface area contributed by atoms with Crippen molar-refractivity contribution in [3.05, 3.63) is 42.0 Å². The molecular formula is C17H22O4. The largest absolute Gasteiger partial charge is 0.493 e. The van der Waals surface area contributed by atoms with Crippen LogP contribution in [0.1, 0.15) is 25.0 Å². The summed E-state index contributed by atoms with van der Waals surface area (Å²) in [5, 5.41) is 0. The summed E-state index contributed by atoms with van der Waals surface area (Å²) in [6, 6.07) is 3.70. The van der Waals surface area contributed by atoms with Gasteiger partial charge in [0.05, 0.1) is 20.3 Å². The number of ether oxygens (including phenoxy) is 3. The summed E-state index contributed by atoms with van der Waals surface area (Å²) in [6.07, 6.45) is 5.50. The van der Waals surface area contributed by atoms with Crippen molar-refractivity contribution < 1.29 is 19.0 Å². The molecule has 0 radical (unpaired) electrons. The maximum absolute atomic E-state index is 11.3. The number of hydrogen-bond acceptors (Lipinski definition) is 4. The highest BCUT2D eigenvalue weighted by Gasteiger charge is 2.15. The van der Waals surface area contributed by atoms with Gasteiger partial charge in [0.25, 0.3) is 0 Å². The van der Waals surface area contributed by atoms with Gasteiger partial charge >= 0.3 is 5.97 Å². The van der Waals surface area contributed by atoms with Crippen molar-refractivity contribution in [1.82, 2.24) is 0 Å². The number of esters is 1. The number of methoxy groups -OCH3 is 2. The molecule has 4 nitrogen and oxygen atoms in total. The van der Waals surface area contributed by atoms with Crippen molar-refractivity contribution in [3.63, 3.8) is 0 Å². The van der Waals surface area contributed by atoms with Crippen molar-refractivity contribution in [3.8, 4) is 11.5 Å². The molecule has 0 unspecified atom stereocenters. The predicted octanol–water partition coefficient (Wildman–Crippen LogP) is 3.40. The summed E-state index contributed by atoms with van der Waals surface area (Å²) >= 11 is 0. The lowest BCUT2D eigenvalue weighted by molar-refractivity contribution is -0.134. The highest BCUT2D eigenvalue weighted by molar-refractivity contribution is 5.87. The number of carbonyl (C=O) groups excluding carboxylic acids is 1. The van der Waals surface area contributed by atoms with E-state index in [4.69, 9.17) is 9.47 Å². The van der Waals surface area contributed by atoms with Crippen molar-refractivity contribution >= 4 is 12.0 Å². The minimum atomic E-state index is -0.401. The lowest BCUT2D eigenvalue weighted by Gasteiger charge is -2.18. The van der Waals surface area contributed by atoms with E-state index >= 15 is 0 Å². The van der Waals surface area contributed by atoms with Gasteiger partial charge in [-0.3, -0.25) is 0 Å². The Balaban J connectivity index is 3.33. The zero-order chi connectivity index (χ0) is 15.8. The van der Waals surface area contributed by atoms with E-state index < -0.39 is 5.97 Å². The van der Waals surface area contributed by atoms with Crippen LogP contribution in [0.15, 0.2) is 30.9 Å². The minimum absolute atomic E-state index is 0.0160. The van der Waals surface area contributed by atoms with Crippen LogP contribution < -0.4 is 9.47 Å². The Hall–Kier alpha value is -2.23. The molecule has 4 heteroatoms. The first-order valence-corrected chi connectivity index (χ1v) is 6.76. The fraction of sp³-hybridized carbons (Fsp3) is 0.353. The molecule has 0 atom stereocenters. The molecule has 21 heavy (non-hydrogen) atoms. The highest BCUT2D eigenvalue weighted by Crippen LogP contribution is 2.35. The van der Waals surface area contributed by atoms with E-state index in [0.29, 0.717) is 17.9 Å². The number of hydrogen-bond donors (Lipinski definition) is 0. The summed E-state index contributed by atoms with van der Waals surface area (Å²) in [4.78, 5) is 11.3. The smallest absolute Gasteiger partial charge is 0.330 e. The number of rotatable bonds is 7. The first-order chi connectivity index (χ1) is 10.0. The van der Waals surface area contributed by atoms with E-state index in [1.807, 2.05) is 26.0 Å². The normalized spacial score (nSPS) is 10.7. The third-order valence-corrected chi connectivity index (χ3v) is 2.78. The summed E-state index contributed by atoms with van der Waals surface area (Å²) in [7, 11) is 2.95. The molecule has 0 aromatic heterocycles. The van der Waals surface area contributed by atoms with Crippen LogP contribution in [0.3, 0.4) is 0 Å². The van der Waals surface area contributed by atoms with Crippen molar-refractivity contribution in [2.45, 2.75) is 26.4 Å². The second-order valence-electron chi connectivity index (χ2n) is 4.68. The average molecular weight is 290 g/mol. The molecule has 1 aromatic carbocycles. The molecule has 0 bridgehead atoms. The Kier molecular flexibility index (Phi) is 6.53. The van der Waals surface area contributed by atoms with Crippen LogP contribution >= 0.6 is 0 Å².